The van der Waals surface area contributed by atoms with Crippen LogP contribution in [0.4, 0.5) is 5.69 Å². The Bertz CT molecular complexity index is 422. The van der Waals surface area contributed by atoms with E-state index in [1.807, 2.05) is 6.92 Å². The molecule has 3 unspecified atom stereocenters. The first-order chi connectivity index (χ1) is 8.49. The summed E-state index contributed by atoms with van der Waals surface area (Å²) in [4.78, 5) is 2.39. The number of hydrogen-bond donors (Lipinski definition) is 1. The summed E-state index contributed by atoms with van der Waals surface area (Å²) < 4.78 is 6.78. The monoisotopic (exact) mass is 312 g/mol. The van der Waals surface area contributed by atoms with Gasteiger partial charge in [-0.1, -0.05) is 6.07 Å². The summed E-state index contributed by atoms with van der Waals surface area (Å²) in [5, 5.41) is 0. The van der Waals surface area contributed by atoms with Crippen LogP contribution in [0.25, 0.3) is 0 Å². The van der Waals surface area contributed by atoms with Gasteiger partial charge in [-0.15, -0.1) is 0 Å². The maximum absolute atomic E-state index is 5.91. The van der Waals surface area contributed by atoms with E-state index in [1.54, 1.807) is 0 Å². The Labute approximate surface area is 117 Å². The summed E-state index contributed by atoms with van der Waals surface area (Å²) >= 11 is 3.66. The molecule has 1 aliphatic rings. The Balaban J connectivity index is 2.27. The largest absolute Gasteiger partial charge is 0.375 e. The SMILES string of the molecule is CC1CN(c2ccc(C(C)N)cc2Br)C(C)CO1. The molecule has 0 saturated carbocycles. The van der Waals surface area contributed by atoms with Crippen molar-refractivity contribution in [3.05, 3.63) is 28.2 Å². The molecule has 3 atom stereocenters. The fourth-order valence-electron chi connectivity index (χ4n) is 2.28. The Kier molecular flexibility index (Phi) is 4.30. The number of ether oxygens (including phenoxy) is 1. The fourth-order valence-corrected chi connectivity index (χ4v) is 2.90. The first-order valence-electron chi connectivity index (χ1n) is 6.42. The van der Waals surface area contributed by atoms with Gasteiger partial charge < -0.3 is 15.4 Å². The van der Waals surface area contributed by atoms with E-state index in [-0.39, 0.29) is 12.1 Å². The summed E-state index contributed by atoms with van der Waals surface area (Å²) in [6.07, 6.45) is 0.279. The van der Waals surface area contributed by atoms with Gasteiger partial charge in [0.05, 0.1) is 18.4 Å². The van der Waals surface area contributed by atoms with Crippen molar-refractivity contribution in [3.63, 3.8) is 0 Å². The lowest BCUT2D eigenvalue weighted by Crippen LogP contribution is -2.47. The van der Waals surface area contributed by atoms with E-state index in [1.165, 1.54) is 5.69 Å². The predicted octanol–water partition coefficient (Wildman–Crippen LogP) is 3.08. The molecule has 100 valence electrons. The van der Waals surface area contributed by atoms with Crippen LogP contribution >= 0.6 is 15.9 Å². The third-order valence-electron chi connectivity index (χ3n) is 3.41. The predicted molar refractivity (Wildman–Crippen MR) is 79.0 cm³/mol. The average Bonchev–Trinajstić information content (AvgIpc) is 2.32. The normalized spacial score (nSPS) is 26.2. The molecule has 2 N–H and O–H groups in total. The van der Waals surface area contributed by atoms with Crippen molar-refractivity contribution in [1.29, 1.82) is 0 Å². The van der Waals surface area contributed by atoms with E-state index in [9.17, 15) is 0 Å². The molecule has 1 fully saturated rings. The van der Waals surface area contributed by atoms with Gasteiger partial charge in [0.25, 0.3) is 0 Å². The molecular weight excluding hydrogens is 292 g/mol. The van der Waals surface area contributed by atoms with Crippen LogP contribution in [0.2, 0.25) is 0 Å². The minimum atomic E-state index is 0.0661. The number of hydrogen-bond acceptors (Lipinski definition) is 3. The zero-order valence-corrected chi connectivity index (χ0v) is 12.8. The van der Waals surface area contributed by atoms with Crippen molar-refractivity contribution in [3.8, 4) is 0 Å². The molecule has 1 aromatic rings. The van der Waals surface area contributed by atoms with Crippen molar-refractivity contribution in [2.45, 2.75) is 39.0 Å². The minimum Gasteiger partial charge on any atom is -0.375 e. The topological polar surface area (TPSA) is 38.5 Å². The molecule has 3 nitrogen and oxygen atoms in total. The second-order valence-corrected chi connectivity index (χ2v) is 6.00. The Hall–Kier alpha value is -0.580. The summed E-state index contributed by atoms with van der Waals surface area (Å²) in [5.74, 6) is 0. The van der Waals surface area contributed by atoms with Gasteiger partial charge in [0.2, 0.25) is 0 Å². The number of nitrogens with two attached hydrogens (primary N) is 1. The second-order valence-electron chi connectivity index (χ2n) is 5.14. The average molecular weight is 313 g/mol. The highest BCUT2D eigenvalue weighted by Gasteiger charge is 2.25. The standard InChI is InChI=1S/C14H21BrN2O/c1-9-8-18-10(2)7-17(9)14-5-4-12(11(3)16)6-13(14)15/h4-6,9-11H,7-8,16H2,1-3H3. The number of rotatable bonds is 2. The molecule has 0 bridgehead atoms. The van der Waals surface area contributed by atoms with Crippen molar-refractivity contribution >= 4 is 21.6 Å². The zero-order valence-electron chi connectivity index (χ0n) is 11.2. The van der Waals surface area contributed by atoms with E-state index in [4.69, 9.17) is 10.5 Å². The van der Waals surface area contributed by atoms with Gasteiger partial charge in [-0.05, 0) is 54.4 Å². The molecule has 0 aromatic heterocycles. The number of halogens is 1. The van der Waals surface area contributed by atoms with Crippen LogP contribution in [0.3, 0.4) is 0 Å². The van der Waals surface area contributed by atoms with Crippen LogP contribution in [0.15, 0.2) is 22.7 Å². The van der Waals surface area contributed by atoms with Gasteiger partial charge >= 0.3 is 0 Å². The van der Waals surface area contributed by atoms with Crippen molar-refractivity contribution in [2.24, 2.45) is 5.73 Å². The fraction of sp³-hybridized carbons (Fsp3) is 0.571. The van der Waals surface area contributed by atoms with Gasteiger partial charge in [0, 0.05) is 23.1 Å². The number of benzene rings is 1. The van der Waals surface area contributed by atoms with Crippen LogP contribution in [0.5, 0.6) is 0 Å². The molecule has 0 spiro atoms. The third-order valence-corrected chi connectivity index (χ3v) is 4.05. The van der Waals surface area contributed by atoms with Gasteiger partial charge in [0.15, 0.2) is 0 Å². The molecule has 0 amide bonds. The maximum Gasteiger partial charge on any atom is 0.0723 e. The Morgan fingerprint density at radius 3 is 2.78 bits per heavy atom. The highest BCUT2D eigenvalue weighted by molar-refractivity contribution is 9.10. The molecular formula is C14H21BrN2O. The molecule has 2 rings (SSSR count). The van der Waals surface area contributed by atoms with Gasteiger partial charge in [0.1, 0.15) is 0 Å². The van der Waals surface area contributed by atoms with Crippen molar-refractivity contribution < 1.29 is 4.74 Å². The number of anilines is 1. The lowest BCUT2D eigenvalue weighted by Gasteiger charge is -2.39. The van der Waals surface area contributed by atoms with E-state index in [0.717, 1.165) is 23.2 Å². The van der Waals surface area contributed by atoms with E-state index < -0.39 is 0 Å². The quantitative estimate of drug-likeness (QED) is 0.912. The smallest absolute Gasteiger partial charge is 0.0723 e. The molecule has 1 saturated heterocycles. The molecule has 4 heteroatoms. The third kappa shape index (κ3) is 2.87. The lowest BCUT2D eigenvalue weighted by atomic mass is 10.1. The lowest BCUT2D eigenvalue weighted by molar-refractivity contribution is 0.0343. The van der Waals surface area contributed by atoms with Gasteiger partial charge in [-0.3, -0.25) is 0 Å². The van der Waals surface area contributed by atoms with E-state index in [2.05, 4.69) is 52.9 Å². The summed E-state index contributed by atoms with van der Waals surface area (Å²) in [7, 11) is 0. The van der Waals surface area contributed by atoms with Crippen LogP contribution in [-0.4, -0.2) is 25.3 Å². The van der Waals surface area contributed by atoms with E-state index in [0.29, 0.717) is 6.04 Å². The first-order valence-corrected chi connectivity index (χ1v) is 7.21. The number of nitrogens with zero attached hydrogens (tertiary/aromatic N) is 1. The van der Waals surface area contributed by atoms with Gasteiger partial charge in [-0.2, -0.15) is 0 Å². The van der Waals surface area contributed by atoms with Crippen LogP contribution in [0, 0.1) is 0 Å². The van der Waals surface area contributed by atoms with Crippen LogP contribution in [0.1, 0.15) is 32.4 Å². The Morgan fingerprint density at radius 1 is 1.44 bits per heavy atom. The molecule has 0 radical (unpaired) electrons. The van der Waals surface area contributed by atoms with E-state index >= 15 is 0 Å². The molecule has 0 aliphatic carbocycles. The maximum atomic E-state index is 5.91. The molecule has 1 aliphatic heterocycles. The van der Waals surface area contributed by atoms with Gasteiger partial charge in [-0.25, -0.2) is 0 Å². The molecule has 18 heavy (non-hydrogen) atoms. The van der Waals surface area contributed by atoms with Crippen molar-refractivity contribution in [1.82, 2.24) is 0 Å². The Morgan fingerprint density at radius 2 is 2.17 bits per heavy atom. The molecule has 1 heterocycles. The summed E-state index contributed by atoms with van der Waals surface area (Å²) in [6, 6.07) is 6.84. The highest BCUT2D eigenvalue weighted by atomic mass is 79.9. The second kappa shape index (κ2) is 5.59. The summed E-state index contributed by atoms with van der Waals surface area (Å²) in [5.41, 5.74) is 8.28. The zero-order chi connectivity index (χ0) is 13.3. The van der Waals surface area contributed by atoms with Crippen molar-refractivity contribution in [2.75, 3.05) is 18.1 Å². The number of morpholine rings is 1. The highest BCUT2D eigenvalue weighted by Crippen LogP contribution is 2.31. The minimum absolute atomic E-state index is 0.0661. The molecule has 1 aromatic carbocycles. The van der Waals surface area contributed by atoms with Crippen LogP contribution < -0.4 is 10.6 Å². The first kappa shape index (κ1) is 13.8. The van der Waals surface area contributed by atoms with Crippen LogP contribution in [-0.2, 0) is 4.74 Å². The summed E-state index contributed by atoms with van der Waals surface area (Å²) in [6.45, 7) is 8.02.